The summed E-state index contributed by atoms with van der Waals surface area (Å²) < 4.78 is 34.0. The van der Waals surface area contributed by atoms with Crippen LogP contribution in [0.25, 0.3) is 0 Å². The number of hydrogen-bond acceptors (Lipinski definition) is 3. The standard InChI is InChI=1S/C19H30ClNO3SSi/c1-7-21-13-14-8-9-15(20)10-17(14)19(25(21,22)23)11-16(12-19)24-26(5,6)18(2,3)4/h8-10,16H,7,11-13H2,1-6H3. The van der Waals surface area contributed by atoms with Gasteiger partial charge in [-0.05, 0) is 54.2 Å². The van der Waals surface area contributed by atoms with Gasteiger partial charge >= 0.3 is 0 Å². The molecule has 0 atom stereocenters. The molecule has 0 saturated heterocycles. The van der Waals surface area contributed by atoms with Crippen molar-refractivity contribution in [2.75, 3.05) is 6.54 Å². The molecule has 146 valence electrons. The minimum Gasteiger partial charge on any atom is -0.414 e. The minimum absolute atomic E-state index is 0.00527. The molecule has 1 saturated carbocycles. The van der Waals surface area contributed by atoms with Gasteiger partial charge in [-0.2, -0.15) is 4.31 Å². The highest BCUT2D eigenvalue weighted by molar-refractivity contribution is 7.90. The molecule has 3 rings (SSSR count). The second-order valence-electron chi connectivity index (χ2n) is 9.14. The van der Waals surface area contributed by atoms with E-state index in [1.165, 1.54) is 0 Å². The molecule has 7 heteroatoms. The largest absolute Gasteiger partial charge is 0.414 e. The van der Waals surface area contributed by atoms with Gasteiger partial charge < -0.3 is 4.43 Å². The van der Waals surface area contributed by atoms with Crippen molar-refractivity contribution in [1.29, 1.82) is 0 Å². The Kier molecular flexibility index (Phi) is 4.93. The van der Waals surface area contributed by atoms with Gasteiger partial charge in [-0.1, -0.05) is 45.4 Å². The molecule has 0 unspecified atom stereocenters. The Labute approximate surface area is 164 Å². The monoisotopic (exact) mass is 415 g/mol. The average Bonchev–Trinajstić information content (AvgIpc) is 2.46. The van der Waals surface area contributed by atoms with Crippen LogP contribution in [0.5, 0.6) is 0 Å². The zero-order chi connectivity index (χ0) is 19.5. The van der Waals surface area contributed by atoms with Gasteiger partial charge in [0, 0.05) is 24.2 Å². The molecule has 2 aliphatic rings. The van der Waals surface area contributed by atoms with Gasteiger partial charge in [0.2, 0.25) is 10.0 Å². The topological polar surface area (TPSA) is 46.6 Å². The predicted molar refractivity (Wildman–Crippen MR) is 109 cm³/mol. The molecule has 1 heterocycles. The third-order valence-electron chi connectivity index (χ3n) is 6.48. The number of rotatable bonds is 3. The lowest BCUT2D eigenvalue weighted by Crippen LogP contribution is -2.61. The van der Waals surface area contributed by atoms with E-state index in [0.29, 0.717) is 31.0 Å². The van der Waals surface area contributed by atoms with Gasteiger partial charge in [0.15, 0.2) is 8.32 Å². The summed E-state index contributed by atoms with van der Waals surface area (Å²) in [4.78, 5) is 0. The van der Waals surface area contributed by atoms with Crippen molar-refractivity contribution < 1.29 is 12.8 Å². The van der Waals surface area contributed by atoms with Crippen LogP contribution in [0.1, 0.15) is 51.7 Å². The van der Waals surface area contributed by atoms with Crippen LogP contribution in [0.3, 0.4) is 0 Å². The van der Waals surface area contributed by atoms with Crippen LogP contribution in [0.2, 0.25) is 23.2 Å². The zero-order valence-electron chi connectivity index (χ0n) is 16.6. The molecule has 1 aliphatic heterocycles. The van der Waals surface area contributed by atoms with E-state index in [4.69, 9.17) is 16.0 Å². The maximum atomic E-state index is 13.4. The van der Waals surface area contributed by atoms with E-state index in [0.717, 1.165) is 11.1 Å². The first-order valence-corrected chi connectivity index (χ1v) is 14.0. The average molecular weight is 416 g/mol. The zero-order valence-corrected chi connectivity index (χ0v) is 19.2. The summed E-state index contributed by atoms with van der Waals surface area (Å²) in [5.41, 5.74) is 1.95. The fraction of sp³-hybridized carbons (Fsp3) is 0.684. The lowest BCUT2D eigenvalue weighted by atomic mass is 9.74. The van der Waals surface area contributed by atoms with Gasteiger partial charge in [0.25, 0.3) is 0 Å². The van der Waals surface area contributed by atoms with Crippen molar-refractivity contribution in [3.8, 4) is 0 Å². The summed E-state index contributed by atoms with van der Waals surface area (Å²) >= 11 is 6.22. The maximum absolute atomic E-state index is 13.4. The molecule has 1 spiro atoms. The molecule has 0 radical (unpaired) electrons. The van der Waals surface area contributed by atoms with Crippen molar-refractivity contribution in [3.63, 3.8) is 0 Å². The third kappa shape index (κ3) is 2.98. The highest BCUT2D eigenvalue weighted by atomic mass is 35.5. The normalized spacial score (nSPS) is 28.7. The van der Waals surface area contributed by atoms with Crippen molar-refractivity contribution >= 4 is 29.9 Å². The lowest BCUT2D eigenvalue weighted by molar-refractivity contribution is 0.0593. The Bertz CT molecular complexity index is 811. The van der Waals surface area contributed by atoms with E-state index in [2.05, 4.69) is 33.9 Å². The maximum Gasteiger partial charge on any atom is 0.224 e. The van der Waals surface area contributed by atoms with Gasteiger partial charge in [-0.3, -0.25) is 0 Å². The number of hydrogen-bond donors (Lipinski definition) is 0. The van der Waals surface area contributed by atoms with E-state index < -0.39 is 23.1 Å². The van der Waals surface area contributed by atoms with Crippen LogP contribution in [0.15, 0.2) is 18.2 Å². The second kappa shape index (κ2) is 6.31. The minimum atomic E-state index is -3.42. The van der Waals surface area contributed by atoms with Crippen molar-refractivity contribution in [3.05, 3.63) is 34.3 Å². The third-order valence-corrected chi connectivity index (χ3v) is 13.9. The lowest BCUT2D eigenvalue weighted by Gasteiger charge is -2.54. The predicted octanol–water partition coefficient (Wildman–Crippen LogP) is 4.88. The van der Waals surface area contributed by atoms with Gasteiger partial charge in [0.1, 0.15) is 4.75 Å². The van der Waals surface area contributed by atoms with Crippen LogP contribution in [-0.4, -0.2) is 33.7 Å². The fourth-order valence-corrected chi connectivity index (χ4v) is 7.77. The van der Waals surface area contributed by atoms with Crippen molar-refractivity contribution in [2.24, 2.45) is 0 Å². The highest BCUT2D eigenvalue weighted by Gasteiger charge is 2.61. The molecule has 1 aliphatic carbocycles. The van der Waals surface area contributed by atoms with E-state index in [-0.39, 0.29) is 11.1 Å². The summed E-state index contributed by atoms with van der Waals surface area (Å²) in [7, 11) is -5.35. The van der Waals surface area contributed by atoms with Crippen LogP contribution < -0.4 is 0 Å². The Morgan fingerprint density at radius 2 is 1.92 bits per heavy atom. The van der Waals surface area contributed by atoms with Gasteiger partial charge in [-0.25, -0.2) is 8.42 Å². The number of halogens is 1. The van der Waals surface area contributed by atoms with Crippen molar-refractivity contribution in [2.45, 2.75) is 76.1 Å². The Morgan fingerprint density at radius 3 is 2.46 bits per heavy atom. The summed E-state index contributed by atoms with van der Waals surface area (Å²) in [6, 6.07) is 5.67. The smallest absolute Gasteiger partial charge is 0.224 e. The second-order valence-corrected chi connectivity index (χ2v) is 16.6. The van der Waals surface area contributed by atoms with Crippen molar-refractivity contribution in [1.82, 2.24) is 4.31 Å². The van der Waals surface area contributed by atoms with Crippen LogP contribution >= 0.6 is 11.6 Å². The van der Waals surface area contributed by atoms with E-state index in [1.807, 2.05) is 25.1 Å². The van der Waals surface area contributed by atoms with Gasteiger partial charge in [0.05, 0.1) is 0 Å². The number of fused-ring (bicyclic) bond motifs is 2. The Morgan fingerprint density at radius 1 is 1.31 bits per heavy atom. The molecule has 1 aromatic carbocycles. The highest BCUT2D eigenvalue weighted by Crippen LogP contribution is 2.56. The molecule has 0 bridgehead atoms. The van der Waals surface area contributed by atoms with Crippen LogP contribution in [0.4, 0.5) is 0 Å². The van der Waals surface area contributed by atoms with E-state index >= 15 is 0 Å². The van der Waals surface area contributed by atoms with E-state index in [1.54, 1.807) is 4.31 Å². The first-order valence-electron chi connectivity index (χ1n) is 9.30. The summed E-state index contributed by atoms with van der Waals surface area (Å²) in [6.45, 7) is 13.9. The van der Waals surface area contributed by atoms with Crippen LogP contribution in [-0.2, 0) is 25.7 Å². The Hall–Kier alpha value is -0.403. The fourth-order valence-electron chi connectivity index (χ4n) is 3.84. The number of sulfonamides is 1. The van der Waals surface area contributed by atoms with Gasteiger partial charge in [-0.15, -0.1) is 0 Å². The number of nitrogens with zero attached hydrogens (tertiary/aromatic N) is 1. The summed E-state index contributed by atoms with van der Waals surface area (Å²) in [5.74, 6) is 0. The first kappa shape index (κ1) is 20.3. The molecular weight excluding hydrogens is 386 g/mol. The molecule has 0 amide bonds. The molecule has 1 fully saturated rings. The molecule has 4 nitrogen and oxygen atoms in total. The summed E-state index contributed by atoms with van der Waals surface area (Å²) in [5, 5.41) is 0.703. The molecule has 1 aromatic rings. The Balaban J connectivity index is 1.96. The number of benzene rings is 1. The quantitative estimate of drug-likeness (QED) is 0.660. The van der Waals surface area contributed by atoms with E-state index in [9.17, 15) is 8.42 Å². The molecule has 26 heavy (non-hydrogen) atoms. The molecule has 0 aromatic heterocycles. The summed E-state index contributed by atoms with van der Waals surface area (Å²) in [6.07, 6.45) is 1.03. The molecular formula is C19H30ClNO3SSi. The SMILES string of the molecule is CCN1Cc2ccc(Cl)cc2C2(CC(O[Si](C)(C)C(C)(C)C)C2)S1(=O)=O. The van der Waals surface area contributed by atoms with Crippen LogP contribution in [0, 0.1) is 0 Å². The first-order chi connectivity index (χ1) is 11.8. The molecule has 0 N–H and O–H groups in total.